The van der Waals surface area contributed by atoms with E-state index < -0.39 is 10.0 Å². The molecule has 0 unspecified atom stereocenters. The van der Waals surface area contributed by atoms with Crippen molar-refractivity contribution in [3.05, 3.63) is 59.2 Å². The summed E-state index contributed by atoms with van der Waals surface area (Å²) < 4.78 is 28.1. The van der Waals surface area contributed by atoms with Crippen LogP contribution < -0.4 is 4.72 Å². The second-order valence-corrected chi connectivity index (χ2v) is 9.51. The molecule has 1 aliphatic heterocycles. The molecule has 0 atom stereocenters. The van der Waals surface area contributed by atoms with Gasteiger partial charge in [0.1, 0.15) is 0 Å². The van der Waals surface area contributed by atoms with Crippen LogP contribution in [0.2, 0.25) is 0 Å². The van der Waals surface area contributed by atoms with Gasteiger partial charge in [0.15, 0.2) is 0 Å². The molecule has 0 aromatic heterocycles. The zero-order valence-electron chi connectivity index (χ0n) is 17.5. The summed E-state index contributed by atoms with van der Waals surface area (Å²) in [6.45, 7) is 5.77. The smallest absolute Gasteiger partial charge is 0.261 e. The van der Waals surface area contributed by atoms with Gasteiger partial charge in [0.2, 0.25) is 0 Å². The molecule has 0 radical (unpaired) electrons. The fourth-order valence-corrected chi connectivity index (χ4v) is 4.72. The number of carbonyl (C=O) groups excluding carboxylic acids is 1. The summed E-state index contributed by atoms with van der Waals surface area (Å²) in [6, 6.07) is 11.9. The minimum atomic E-state index is -3.72. The van der Waals surface area contributed by atoms with Crippen LogP contribution in [0.4, 0.5) is 5.69 Å². The number of hydrogen-bond donors (Lipinski definition) is 1. The maximum atomic E-state index is 12.8. The van der Waals surface area contributed by atoms with E-state index in [2.05, 4.69) is 16.7 Å². The van der Waals surface area contributed by atoms with E-state index >= 15 is 0 Å². The number of hydrogen-bond acceptors (Lipinski definition) is 4. The Hall–Kier alpha value is -2.38. The van der Waals surface area contributed by atoms with Crippen LogP contribution in [-0.2, 0) is 10.0 Å². The number of amides is 1. The van der Waals surface area contributed by atoms with Crippen molar-refractivity contribution in [2.75, 3.05) is 31.9 Å². The Bertz CT molecular complexity index is 979. The quantitative estimate of drug-likeness (QED) is 0.814. The van der Waals surface area contributed by atoms with Crippen LogP contribution in [0.15, 0.2) is 47.4 Å². The van der Waals surface area contributed by atoms with E-state index in [-0.39, 0.29) is 16.8 Å². The number of piperidine rings is 1. The minimum Gasteiger partial charge on any atom is -0.339 e. The third kappa shape index (κ3) is 4.79. The normalized spacial score (nSPS) is 15.9. The third-order valence-corrected chi connectivity index (χ3v) is 7.20. The number of anilines is 1. The lowest BCUT2D eigenvalue weighted by atomic mass is 10.0. The first-order valence-corrected chi connectivity index (χ1v) is 11.3. The number of benzene rings is 2. The van der Waals surface area contributed by atoms with Gasteiger partial charge in [-0.1, -0.05) is 12.1 Å². The maximum Gasteiger partial charge on any atom is 0.261 e. The number of nitrogens with zero attached hydrogens (tertiary/aromatic N) is 2. The van der Waals surface area contributed by atoms with E-state index in [4.69, 9.17) is 0 Å². The molecule has 2 aromatic rings. The molecule has 1 saturated heterocycles. The largest absolute Gasteiger partial charge is 0.339 e. The van der Waals surface area contributed by atoms with Crippen LogP contribution in [0, 0.1) is 13.8 Å². The lowest BCUT2D eigenvalue weighted by Crippen LogP contribution is -2.44. The highest BCUT2D eigenvalue weighted by Crippen LogP contribution is 2.23. The fourth-order valence-electron chi connectivity index (χ4n) is 3.59. The molecule has 1 fully saturated rings. The average Bonchev–Trinajstić information content (AvgIpc) is 2.71. The summed E-state index contributed by atoms with van der Waals surface area (Å²) in [5, 5.41) is 0. The predicted molar refractivity (Wildman–Crippen MR) is 116 cm³/mol. The molecule has 6 nitrogen and oxygen atoms in total. The van der Waals surface area contributed by atoms with Crippen LogP contribution in [0.1, 0.15) is 34.3 Å². The summed E-state index contributed by atoms with van der Waals surface area (Å²) in [6.07, 6.45) is 1.90. The van der Waals surface area contributed by atoms with Gasteiger partial charge in [-0.05, 0) is 88.3 Å². The number of sulfonamides is 1. The second kappa shape index (κ2) is 8.55. The highest BCUT2D eigenvalue weighted by Gasteiger charge is 2.25. The number of likely N-dealkylation sites (tertiary alicyclic amines) is 1. The molecule has 29 heavy (non-hydrogen) atoms. The van der Waals surface area contributed by atoms with Crippen LogP contribution in [-0.4, -0.2) is 57.4 Å². The van der Waals surface area contributed by atoms with Gasteiger partial charge < -0.3 is 9.80 Å². The molecule has 1 N–H and O–H groups in total. The van der Waals surface area contributed by atoms with E-state index in [0.29, 0.717) is 11.3 Å². The number of rotatable bonds is 5. The standard InChI is InChI=1S/C22H29N3O3S/c1-16-6-5-7-21(17(16)2)23-29(27,28)20-10-8-18(9-11-20)22(26)25(4)19-12-14-24(3)15-13-19/h5-11,19,23H,12-15H2,1-4H3. The van der Waals surface area contributed by atoms with Crippen LogP contribution in [0.3, 0.4) is 0 Å². The molecule has 0 saturated carbocycles. The Morgan fingerprint density at radius 3 is 2.31 bits per heavy atom. The molecule has 0 bridgehead atoms. The summed E-state index contributed by atoms with van der Waals surface area (Å²) in [5.41, 5.74) is 2.97. The van der Waals surface area contributed by atoms with E-state index in [1.54, 1.807) is 23.1 Å². The van der Waals surface area contributed by atoms with Gasteiger partial charge in [0.05, 0.1) is 10.6 Å². The Morgan fingerprint density at radius 2 is 1.69 bits per heavy atom. The highest BCUT2D eigenvalue weighted by atomic mass is 32.2. The third-order valence-electron chi connectivity index (χ3n) is 5.82. The van der Waals surface area contributed by atoms with Crippen LogP contribution >= 0.6 is 0 Å². The van der Waals surface area contributed by atoms with Crippen molar-refractivity contribution in [2.45, 2.75) is 37.6 Å². The fraction of sp³-hybridized carbons (Fsp3) is 0.409. The van der Waals surface area contributed by atoms with E-state index in [9.17, 15) is 13.2 Å². The van der Waals surface area contributed by atoms with Gasteiger partial charge in [0, 0.05) is 18.7 Å². The van der Waals surface area contributed by atoms with Crippen molar-refractivity contribution in [3.63, 3.8) is 0 Å². The van der Waals surface area contributed by atoms with Crippen molar-refractivity contribution in [1.29, 1.82) is 0 Å². The van der Waals surface area contributed by atoms with Crippen LogP contribution in [0.25, 0.3) is 0 Å². The van der Waals surface area contributed by atoms with E-state index in [1.807, 2.05) is 33.0 Å². The zero-order chi connectivity index (χ0) is 21.2. The summed E-state index contributed by atoms with van der Waals surface area (Å²) in [4.78, 5) is 17.0. The molecule has 1 amide bonds. The van der Waals surface area contributed by atoms with Gasteiger partial charge in [-0.3, -0.25) is 9.52 Å². The SMILES string of the molecule is Cc1cccc(NS(=O)(=O)c2ccc(C(=O)N(C)C3CCN(C)CC3)cc2)c1C. The van der Waals surface area contributed by atoms with Gasteiger partial charge >= 0.3 is 0 Å². The summed E-state index contributed by atoms with van der Waals surface area (Å²) in [5.74, 6) is -0.0778. The van der Waals surface area contributed by atoms with E-state index in [0.717, 1.165) is 37.1 Å². The summed E-state index contributed by atoms with van der Waals surface area (Å²) >= 11 is 0. The Kier molecular flexibility index (Phi) is 6.29. The number of aryl methyl sites for hydroxylation is 1. The zero-order valence-corrected chi connectivity index (χ0v) is 18.3. The molecule has 3 rings (SSSR count). The van der Waals surface area contributed by atoms with Crippen molar-refractivity contribution >= 4 is 21.6 Å². The van der Waals surface area contributed by atoms with E-state index in [1.165, 1.54) is 12.1 Å². The lowest BCUT2D eigenvalue weighted by Gasteiger charge is -2.35. The average molecular weight is 416 g/mol. The predicted octanol–water partition coefficient (Wildman–Crippen LogP) is 3.27. The molecule has 1 heterocycles. The number of nitrogens with one attached hydrogen (secondary N) is 1. The minimum absolute atomic E-state index is 0.0778. The molecular weight excluding hydrogens is 386 g/mol. The van der Waals surface area contributed by atoms with Gasteiger partial charge in [-0.15, -0.1) is 0 Å². The molecule has 156 valence electrons. The second-order valence-electron chi connectivity index (χ2n) is 7.83. The first-order chi connectivity index (χ1) is 13.7. The molecule has 1 aliphatic rings. The Balaban J connectivity index is 1.73. The van der Waals surface area contributed by atoms with Crippen molar-refractivity contribution in [2.24, 2.45) is 0 Å². The first-order valence-electron chi connectivity index (χ1n) is 9.84. The topological polar surface area (TPSA) is 69.7 Å². The van der Waals surface area contributed by atoms with Gasteiger partial charge in [-0.25, -0.2) is 8.42 Å². The lowest BCUT2D eigenvalue weighted by molar-refractivity contribution is 0.0659. The Morgan fingerprint density at radius 1 is 1.07 bits per heavy atom. The molecule has 2 aromatic carbocycles. The van der Waals surface area contributed by atoms with Gasteiger partial charge in [0.25, 0.3) is 15.9 Å². The summed E-state index contributed by atoms with van der Waals surface area (Å²) in [7, 11) is 0.189. The van der Waals surface area contributed by atoms with Crippen LogP contribution in [0.5, 0.6) is 0 Å². The highest BCUT2D eigenvalue weighted by molar-refractivity contribution is 7.92. The van der Waals surface area contributed by atoms with Crippen molar-refractivity contribution in [1.82, 2.24) is 9.80 Å². The van der Waals surface area contributed by atoms with Gasteiger partial charge in [-0.2, -0.15) is 0 Å². The monoisotopic (exact) mass is 415 g/mol. The molecule has 0 aliphatic carbocycles. The maximum absolute atomic E-state index is 12.8. The first kappa shape index (κ1) is 21.3. The molecule has 7 heteroatoms. The van der Waals surface area contributed by atoms with Crippen molar-refractivity contribution in [3.8, 4) is 0 Å². The van der Waals surface area contributed by atoms with Crippen molar-refractivity contribution < 1.29 is 13.2 Å². The number of carbonyl (C=O) groups is 1. The Labute approximate surface area is 173 Å². The molecule has 0 spiro atoms. The molecular formula is C22H29N3O3S.